The molecule has 3 rings (SSSR count). The molecule has 0 atom stereocenters. The lowest BCUT2D eigenvalue weighted by Crippen LogP contribution is -2.27. The van der Waals surface area contributed by atoms with Crippen LogP contribution in [0.4, 0.5) is 5.69 Å². The summed E-state index contributed by atoms with van der Waals surface area (Å²) < 4.78 is 1.90. The number of anilines is 1. The number of fused-ring (bicyclic) bond motifs is 1. The number of thiophene rings is 1. The average Bonchev–Trinajstić information content (AvgIpc) is 2.94. The predicted molar refractivity (Wildman–Crippen MR) is 88.4 cm³/mol. The van der Waals surface area contributed by atoms with Crippen LogP contribution in [0.3, 0.4) is 0 Å². The molecule has 2 aromatic heterocycles. The molecule has 1 N–H and O–H groups in total. The first-order valence-electron chi connectivity index (χ1n) is 6.84. The molecule has 0 fully saturated rings. The zero-order valence-electron chi connectivity index (χ0n) is 12.3. The zero-order valence-corrected chi connectivity index (χ0v) is 13.1. The molecule has 1 amide bonds. The van der Waals surface area contributed by atoms with E-state index in [9.17, 15) is 9.59 Å². The Balaban J connectivity index is 1.81. The lowest BCUT2D eigenvalue weighted by molar-refractivity contribution is -0.116. The van der Waals surface area contributed by atoms with Crippen molar-refractivity contribution in [3.63, 3.8) is 0 Å². The molecule has 22 heavy (non-hydrogen) atoms. The minimum atomic E-state index is -0.244. The molecule has 0 saturated heterocycles. The van der Waals surface area contributed by atoms with E-state index in [1.54, 1.807) is 6.07 Å². The van der Waals surface area contributed by atoms with Gasteiger partial charge in [0.1, 0.15) is 11.2 Å². The quantitative estimate of drug-likeness (QED) is 0.808. The number of hydrogen-bond donors (Lipinski definition) is 1. The number of nitrogens with one attached hydrogen (secondary N) is 1. The molecular formula is C16H15N3O2S. The number of carbonyl (C=O) groups excluding carboxylic acids is 1. The highest BCUT2D eigenvalue weighted by molar-refractivity contribution is 7.17. The van der Waals surface area contributed by atoms with Crippen LogP contribution in [0.25, 0.3) is 10.2 Å². The summed E-state index contributed by atoms with van der Waals surface area (Å²) in [5.41, 5.74) is 3.37. The predicted octanol–water partition coefficient (Wildman–Crippen LogP) is 2.71. The topological polar surface area (TPSA) is 64.0 Å². The van der Waals surface area contributed by atoms with E-state index in [-0.39, 0.29) is 18.0 Å². The number of hydrogen-bond acceptors (Lipinski definition) is 4. The highest BCUT2D eigenvalue weighted by atomic mass is 32.1. The number of aromatic nitrogens is 2. The van der Waals surface area contributed by atoms with Crippen molar-refractivity contribution in [3.05, 3.63) is 57.5 Å². The lowest BCUT2D eigenvalue weighted by Gasteiger charge is -2.10. The number of amides is 1. The molecule has 6 heteroatoms. The highest BCUT2D eigenvalue weighted by Crippen LogP contribution is 2.16. The molecule has 112 valence electrons. The van der Waals surface area contributed by atoms with E-state index in [1.807, 2.05) is 37.4 Å². The molecule has 0 unspecified atom stereocenters. The molecule has 0 spiro atoms. The van der Waals surface area contributed by atoms with Gasteiger partial charge < -0.3 is 5.32 Å². The maximum atomic E-state index is 12.2. The third kappa shape index (κ3) is 2.78. The van der Waals surface area contributed by atoms with E-state index < -0.39 is 0 Å². The monoisotopic (exact) mass is 313 g/mol. The van der Waals surface area contributed by atoms with E-state index in [0.29, 0.717) is 10.2 Å². The van der Waals surface area contributed by atoms with E-state index in [4.69, 9.17) is 0 Å². The summed E-state index contributed by atoms with van der Waals surface area (Å²) in [6.07, 6.45) is 1.42. The van der Waals surface area contributed by atoms with Gasteiger partial charge in [0.05, 0.1) is 11.8 Å². The van der Waals surface area contributed by atoms with Gasteiger partial charge in [-0.05, 0) is 36.9 Å². The van der Waals surface area contributed by atoms with Gasteiger partial charge in [-0.15, -0.1) is 11.3 Å². The molecule has 0 aliphatic rings. The van der Waals surface area contributed by atoms with E-state index in [0.717, 1.165) is 16.8 Å². The molecule has 0 radical (unpaired) electrons. The minimum absolute atomic E-state index is 0.0486. The smallest absolute Gasteiger partial charge is 0.271 e. The maximum absolute atomic E-state index is 12.2. The van der Waals surface area contributed by atoms with Crippen LogP contribution < -0.4 is 10.9 Å². The van der Waals surface area contributed by atoms with Crippen LogP contribution in [0, 0.1) is 13.8 Å². The van der Waals surface area contributed by atoms with Crippen LogP contribution in [0.15, 0.2) is 40.8 Å². The second-order valence-electron chi connectivity index (χ2n) is 5.18. The molecule has 0 aliphatic carbocycles. The van der Waals surface area contributed by atoms with Crippen molar-refractivity contribution in [2.75, 3.05) is 5.32 Å². The SMILES string of the molecule is Cc1ccc(NC(=O)Cn2cnc3ccsc3c2=O)c(C)c1. The summed E-state index contributed by atoms with van der Waals surface area (Å²) in [5, 5.41) is 4.65. The molecule has 5 nitrogen and oxygen atoms in total. The van der Waals surface area contributed by atoms with Crippen molar-refractivity contribution in [2.45, 2.75) is 20.4 Å². The number of nitrogens with zero attached hydrogens (tertiary/aromatic N) is 2. The molecule has 3 aromatic rings. The van der Waals surface area contributed by atoms with Gasteiger partial charge >= 0.3 is 0 Å². The van der Waals surface area contributed by atoms with Gasteiger partial charge in [-0.3, -0.25) is 14.2 Å². The minimum Gasteiger partial charge on any atom is -0.324 e. The summed E-state index contributed by atoms with van der Waals surface area (Å²) in [5.74, 6) is -0.244. The standard InChI is InChI=1S/C16H15N3O2S/c1-10-3-4-12(11(2)7-10)18-14(20)8-19-9-17-13-5-6-22-15(13)16(19)21/h3-7,9H,8H2,1-2H3,(H,18,20). The Bertz CT molecular complexity index is 911. The summed E-state index contributed by atoms with van der Waals surface area (Å²) in [6, 6.07) is 7.60. The normalized spacial score (nSPS) is 10.8. The fourth-order valence-electron chi connectivity index (χ4n) is 2.29. The largest absolute Gasteiger partial charge is 0.324 e. The van der Waals surface area contributed by atoms with Gasteiger partial charge in [0, 0.05) is 5.69 Å². The van der Waals surface area contributed by atoms with Crippen molar-refractivity contribution < 1.29 is 4.79 Å². The Morgan fingerprint density at radius 2 is 2.14 bits per heavy atom. The Labute approximate surface area is 131 Å². The van der Waals surface area contributed by atoms with Gasteiger partial charge in [0.25, 0.3) is 5.56 Å². The molecule has 0 aliphatic heterocycles. The van der Waals surface area contributed by atoms with Crippen molar-refractivity contribution in [3.8, 4) is 0 Å². The number of carbonyl (C=O) groups is 1. The molecule has 1 aromatic carbocycles. The Hall–Kier alpha value is -2.47. The van der Waals surface area contributed by atoms with Crippen LogP contribution in [0.2, 0.25) is 0 Å². The zero-order chi connectivity index (χ0) is 15.7. The first kappa shape index (κ1) is 14.5. The average molecular weight is 313 g/mol. The summed E-state index contributed by atoms with van der Waals surface area (Å²) in [4.78, 5) is 28.6. The van der Waals surface area contributed by atoms with Gasteiger partial charge in [-0.2, -0.15) is 0 Å². The summed E-state index contributed by atoms with van der Waals surface area (Å²) >= 11 is 1.34. The summed E-state index contributed by atoms with van der Waals surface area (Å²) in [6.45, 7) is 3.89. The van der Waals surface area contributed by atoms with Crippen LogP contribution >= 0.6 is 11.3 Å². The van der Waals surface area contributed by atoms with Crippen molar-refractivity contribution >= 4 is 33.1 Å². The molecule has 0 saturated carbocycles. The van der Waals surface area contributed by atoms with Crippen molar-refractivity contribution in [1.82, 2.24) is 9.55 Å². The van der Waals surface area contributed by atoms with Gasteiger partial charge in [0.15, 0.2) is 0 Å². The van der Waals surface area contributed by atoms with Crippen LogP contribution in [0.1, 0.15) is 11.1 Å². The Kier molecular flexibility index (Phi) is 3.77. The van der Waals surface area contributed by atoms with E-state index in [2.05, 4.69) is 10.3 Å². The first-order valence-corrected chi connectivity index (χ1v) is 7.72. The van der Waals surface area contributed by atoms with Crippen LogP contribution in [-0.4, -0.2) is 15.5 Å². The number of benzene rings is 1. The Morgan fingerprint density at radius 3 is 2.91 bits per heavy atom. The molecule has 0 bridgehead atoms. The van der Waals surface area contributed by atoms with Gasteiger partial charge in [-0.1, -0.05) is 17.7 Å². The lowest BCUT2D eigenvalue weighted by atomic mass is 10.1. The van der Waals surface area contributed by atoms with Crippen molar-refractivity contribution in [2.24, 2.45) is 0 Å². The third-order valence-corrected chi connectivity index (χ3v) is 4.30. The highest BCUT2D eigenvalue weighted by Gasteiger charge is 2.10. The number of aryl methyl sites for hydroxylation is 2. The van der Waals surface area contributed by atoms with Gasteiger partial charge in [-0.25, -0.2) is 4.98 Å². The Morgan fingerprint density at radius 1 is 1.32 bits per heavy atom. The van der Waals surface area contributed by atoms with Crippen molar-refractivity contribution in [1.29, 1.82) is 0 Å². The second-order valence-corrected chi connectivity index (χ2v) is 6.10. The molecule has 2 heterocycles. The molecular weight excluding hydrogens is 298 g/mol. The summed E-state index contributed by atoms with van der Waals surface area (Å²) in [7, 11) is 0. The van der Waals surface area contributed by atoms with Crippen LogP contribution in [-0.2, 0) is 11.3 Å². The first-order chi connectivity index (χ1) is 10.5. The van der Waals surface area contributed by atoms with Gasteiger partial charge in [0.2, 0.25) is 5.91 Å². The fraction of sp³-hybridized carbons (Fsp3) is 0.188. The van der Waals surface area contributed by atoms with E-state index in [1.165, 1.54) is 22.2 Å². The number of rotatable bonds is 3. The fourth-order valence-corrected chi connectivity index (χ4v) is 3.08. The third-order valence-electron chi connectivity index (χ3n) is 3.41. The van der Waals surface area contributed by atoms with E-state index >= 15 is 0 Å². The second kappa shape index (κ2) is 5.73. The maximum Gasteiger partial charge on any atom is 0.271 e. The van der Waals surface area contributed by atoms with Crippen LogP contribution in [0.5, 0.6) is 0 Å².